The third kappa shape index (κ3) is 4.95. The SMILES string of the molecule is NC1(c2nnc(C3CCCC3)s2)C=Cc2ncc(Nc3ccc(CN4CCOCC4)cc3)cc2N1. The lowest BCUT2D eigenvalue weighted by atomic mass is 10.1. The molecule has 8 nitrogen and oxygen atoms in total. The molecule has 4 N–H and O–H groups in total. The van der Waals surface area contributed by atoms with Gasteiger partial charge in [0.15, 0.2) is 10.7 Å². The van der Waals surface area contributed by atoms with Gasteiger partial charge in [0.2, 0.25) is 0 Å². The second-order valence-corrected chi connectivity index (χ2v) is 10.6. The number of ether oxygens (including phenoxy) is 1. The zero-order valence-corrected chi connectivity index (χ0v) is 20.6. The van der Waals surface area contributed by atoms with Crippen LogP contribution in [0.15, 0.2) is 42.6 Å². The van der Waals surface area contributed by atoms with Crippen LogP contribution in [0.2, 0.25) is 0 Å². The third-order valence-electron chi connectivity index (χ3n) is 7.02. The largest absolute Gasteiger partial charge is 0.379 e. The zero-order valence-electron chi connectivity index (χ0n) is 19.7. The Morgan fingerprint density at radius 2 is 1.91 bits per heavy atom. The van der Waals surface area contributed by atoms with Gasteiger partial charge in [-0.1, -0.05) is 36.3 Å². The molecule has 0 amide bonds. The van der Waals surface area contributed by atoms with E-state index < -0.39 is 5.66 Å². The molecule has 1 saturated heterocycles. The monoisotopic (exact) mass is 489 g/mol. The highest BCUT2D eigenvalue weighted by Gasteiger charge is 2.33. The Kier molecular flexibility index (Phi) is 6.24. The van der Waals surface area contributed by atoms with E-state index in [1.165, 1.54) is 31.2 Å². The lowest BCUT2D eigenvalue weighted by Crippen LogP contribution is -2.44. The predicted octanol–water partition coefficient (Wildman–Crippen LogP) is 4.42. The highest BCUT2D eigenvalue weighted by Crippen LogP contribution is 2.39. The van der Waals surface area contributed by atoms with Crippen molar-refractivity contribution in [3.8, 4) is 0 Å². The minimum Gasteiger partial charge on any atom is -0.379 e. The number of fused-ring (bicyclic) bond motifs is 1. The smallest absolute Gasteiger partial charge is 0.161 e. The fourth-order valence-electron chi connectivity index (χ4n) is 4.99. The van der Waals surface area contributed by atoms with E-state index in [2.05, 4.69) is 55.0 Å². The van der Waals surface area contributed by atoms with E-state index in [0.29, 0.717) is 5.92 Å². The lowest BCUT2D eigenvalue weighted by molar-refractivity contribution is 0.0342. The Morgan fingerprint density at radius 3 is 2.71 bits per heavy atom. The van der Waals surface area contributed by atoms with Gasteiger partial charge < -0.3 is 15.4 Å². The number of pyridine rings is 1. The number of nitrogens with two attached hydrogens (primary N) is 1. The Labute approximate surface area is 209 Å². The summed E-state index contributed by atoms with van der Waals surface area (Å²) in [5, 5.41) is 17.7. The molecular formula is C26H31N7OS. The van der Waals surface area contributed by atoms with Crippen molar-refractivity contribution in [1.82, 2.24) is 20.1 Å². The van der Waals surface area contributed by atoms with Crippen molar-refractivity contribution in [1.29, 1.82) is 0 Å². The average Bonchev–Trinajstić information content (AvgIpc) is 3.59. The molecule has 2 aromatic heterocycles. The van der Waals surface area contributed by atoms with Crippen molar-refractivity contribution in [2.24, 2.45) is 5.73 Å². The van der Waals surface area contributed by atoms with E-state index in [0.717, 1.165) is 65.6 Å². The van der Waals surface area contributed by atoms with Gasteiger partial charge in [0.1, 0.15) is 5.01 Å². The first-order valence-corrected chi connectivity index (χ1v) is 13.2. The van der Waals surface area contributed by atoms with Gasteiger partial charge in [-0.15, -0.1) is 10.2 Å². The quantitative estimate of drug-likeness (QED) is 0.468. The number of hydrogen-bond acceptors (Lipinski definition) is 9. The summed E-state index contributed by atoms with van der Waals surface area (Å²) in [6, 6.07) is 10.6. The molecule has 2 fully saturated rings. The molecule has 0 spiro atoms. The summed E-state index contributed by atoms with van der Waals surface area (Å²) >= 11 is 1.62. The lowest BCUT2D eigenvalue weighted by Gasteiger charge is -2.30. The van der Waals surface area contributed by atoms with Crippen LogP contribution in [0.5, 0.6) is 0 Å². The molecule has 9 heteroatoms. The molecule has 2 aliphatic heterocycles. The van der Waals surface area contributed by atoms with Crippen LogP contribution < -0.4 is 16.4 Å². The molecule has 35 heavy (non-hydrogen) atoms. The van der Waals surface area contributed by atoms with E-state index in [-0.39, 0.29) is 0 Å². The number of rotatable bonds is 6. The zero-order chi connectivity index (χ0) is 23.7. The average molecular weight is 490 g/mol. The first kappa shape index (κ1) is 22.6. The van der Waals surface area contributed by atoms with Gasteiger partial charge in [0.05, 0.1) is 36.5 Å². The maximum absolute atomic E-state index is 6.75. The number of aromatic nitrogens is 3. The minimum atomic E-state index is -0.886. The van der Waals surface area contributed by atoms with Crippen molar-refractivity contribution in [2.75, 3.05) is 36.9 Å². The summed E-state index contributed by atoms with van der Waals surface area (Å²) < 4.78 is 5.44. The predicted molar refractivity (Wildman–Crippen MR) is 140 cm³/mol. The van der Waals surface area contributed by atoms with Crippen LogP contribution in [0.4, 0.5) is 17.1 Å². The maximum Gasteiger partial charge on any atom is 0.161 e. The molecule has 0 bridgehead atoms. The molecular weight excluding hydrogens is 458 g/mol. The van der Waals surface area contributed by atoms with E-state index in [9.17, 15) is 0 Å². The van der Waals surface area contributed by atoms with E-state index in [1.807, 2.05) is 24.4 Å². The second kappa shape index (κ2) is 9.66. The molecule has 1 aliphatic carbocycles. The molecule has 1 atom stereocenters. The molecule has 0 radical (unpaired) electrons. The first-order chi connectivity index (χ1) is 17.1. The Balaban J connectivity index is 1.14. The van der Waals surface area contributed by atoms with Gasteiger partial charge in [0.25, 0.3) is 0 Å². The van der Waals surface area contributed by atoms with E-state index in [4.69, 9.17) is 10.5 Å². The number of anilines is 3. The molecule has 1 unspecified atom stereocenters. The highest BCUT2D eigenvalue weighted by molar-refractivity contribution is 7.11. The van der Waals surface area contributed by atoms with Gasteiger partial charge in [-0.3, -0.25) is 15.6 Å². The van der Waals surface area contributed by atoms with Crippen LogP contribution in [0.3, 0.4) is 0 Å². The number of morpholine rings is 1. The molecule has 1 aromatic carbocycles. The molecule has 3 aliphatic rings. The van der Waals surface area contributed by atoms with Crippen LogP contribution in [0.25, 0.3) is 6.08 Å². The summed E-state index contributed by atoms with van der Waals surface area (Å²) in [7, 11) is 0. The van der Waals surface area contributed by atoms with Crippen LogP contribution in [-0.2, 0) is 16.9 Å². The highest BCUT2D eigenvalue weighted by atomic mass is 32.1. The third-order valence-corrected chi connectivity index (χ3v) is 8.25. The minimum absolute atomic E-state index is 0.530. The van der Waals surface area contributed by atoms with Crippen molar-refractivity contribution < 1.29 is 4.74 Å². The summed E-state index contributed by atoms with van der Waals surface area (Å²) in [5.74, 6) is 0.530. The van der Waals surface area contributed by atoms with Crippen molar-refractivity contribution >= 4 is 34.5 Å². The fourth-order valence-corrected chi connectivity index (χ4v) is 6.05. The number of nitrogens with zero attached hydrogens (tertiary/aromatic N) is 4. The van der Waals surface area contributed by atoms with E-state index in [1.54, 1.807) is 11.3 Å². The van der Waals surface area contributed by atoms with Crippen molar-refractivity contribution in [3.05, 3.63) is 63.9 Å². The Morgan fingerprint density at radius 1 is 1.11 bits per heavy atom. The fraction of sp³-hybridized carbons (Fsp3) is 0.423. The molecule has 1 saturated carbocycles. The van der Waals surface area contributed by atoms with Gasteiger partial charge in [-0.25, -0.2) is 0 Å². The standard InChI is InChI=1S/C26H31N7OS/c27-26(25-32-31-24(35-25)19-3-1-2-4-19)10-9-22-23(30-26)15-21(16-28-22)29-20-7-5-18(6-8-20)17-33-11-13-34-14-12-33/h5-10,15-16,19,29-30H,1-4,11-14,17,27H2. The van der Waals surface area contributed by atoms with Crippen LogP contribution in [0.1, 0.15) is 52.9 Å². The van der Waals surface area contributed by atoms with Crippen molar-refractivity contribution in [3.63, 3.8) is 0 Å². The van der Waals surface area contributed by atoms with Gasteiger partial charge in [-0.2, -0.15) is 0 Å². The Bertz CT molecular complexity index is 1200. The number of hydrogen-bond donors (Lipinski definition) is 3. The second-order valence-electron chi connectivity index (χ2n) is 9.62. The number of nitrogens with one attached hydrogen (secondary N) is 2. The van der Waals surface area contributed by atoms with Crippen LogP contribution in [-0.4, -0.2) is 46.4 Å². The van der Waals surface area contributed by atoms with Crippen molar-refractivity contribution in [2.45, 2.75) is 43.8 Å². The molecule has 182 valence electrons. The number of benzene rings is 1. The summed E-state index contributed by atoms with van der Waals surface area (Å²) in [4.78, 5) is 7.04. The summed E-state index contributed by atoms with van der Waals surface area (Å²) in [6.45, 7) is 4.57. The topological polar surface area (TPSA) is 101 Å². The van der Waals surface area contributed by atoms with Crippen LogP contribution >= 0.6 is 11.3 Å². The van der Waals surface area contributed by atoms with E-state index >= 15 is 0 Å². The summed E-state index contributed by atoms with van der Waals surface area (Å²) in [5.41, 5.74) is 10.8. The first-order valence-electron chi connectivity index (χ1n) is 12.4. The maximum atomic E-state index is 6.75. The molecule has 4 heterocycles. The molecule has 6 rings (SSSR count). The van der Waals surface area contributed by atoms with Gasteiger partial charge in [-0.05, 0) is 48.8 Å². The van der Waals surface area contributed by atoms with Gasteiger partial charge in [0, 0.05) is 31.2 Å². The summed E-state index contributed by atoms with van der Waals surface area (Å²) in [6.07, 6.45) is 10.7. The Hall–Kier alpha value is -2.85. The van der Waals surface area contributed by atoms with Gasteiger partial charge >= 0.3 is 0 Å². The normalized spacial score (nSPS) is 22.7. The van der Waals surface area contributed by atoms with Crippen LogP contribution in [0, 0.1) is 0 Å². The molecule has 3 aromatic rings.